The van der Waals surface area contributed by atoms with Crippen molar-refractivity contribution >= 4 is 15.7 Å². The van der Waals surface area contributed by atoms with Crippen LogP contribution in [-0.2, 0) is 10.0 Å². The number of nitrogens with one attached hydrogen (secondary N) is 1. The normalized spacial score (nSPS) is 11.7. The molecule has 0 fully saturated rings. The largest absolute Gasteiger partial charge is 0.398 e. The van der Waals surface area contributed by atoms with Crippen molar-refractivity contribution in [1.29, 1.82) is 0 Å². The van der Waals surface area contributed by atoms with Crippen molar-refractivity contribution in [2.45, 2.75) is 18.7 Å². The smallest absolute Gasteiger partial charge is 0.242 e. The van der Waals surface area contributed by atoms with E-state index in [0.29, 0.717) is 0 Å². The third-order valence-electron chi connectivity index (χ3n) is 2.32. The summed E-state index contributed by atoms with van der Waals surface area (Å²) in [6.07, 6.45) is 0. The van der Waals surface area contributed by atoms with Crippen LogP contribution >= 0.6 is 0 Å². The molecule has 0 aliphatic carbocycles. The molecule has 0 aliphatic heterocycles. The molecule has 0 aromatic heterocycles. The Balaban J connectivity index is 3.18. The molecule has 4 N–H and O–H groups in total. The SMILES string of the molecule is Cc1cc(N)c(S(=O)(=O)NCCO)cc1C. The summed E-state index contributed by atoms with van der Waals surface area (Å²) in [4.78, 5) is 0.0593. The third-order valence-corrected chi connectivity index (χ3v) is 3.84. The van der Waals surface area contributed by atoms with E-state index in [1.54, 1.807) is 6.07 Å². The fraction of sp³-hybridized carbons (Fsp3) is 0.400. The molecule has 1 aromatic rings. The first-order valence-corrected chi connectivity index (χ1v) is 6.34. The molecular weight excluding hydrogens is 228 g/mol. The minimum atomic E-state index is -3.63. The number of aryl methyl sites for hydroxylation is 2. The highest BCUT2D eigenvalue weighted by Gasteiger charge is 2.17. The van der Waals surface area contributed by atoms with Gasteiger partial charge in [0.1, 0.15) is 4.90 Å². The number of aliphatic hydroxyl groups excluding tert-OH is 1. The van der Waals surface area contributed by atoms with Crippen LogP contribution in [0.25, 0.3) is 0 Å². The molecule has 5 nitrogen and oxygen atoms in total. The lowest BCUT2D eigenvalue weighted by Crippen LogP contribution is -2.27. The van der Waals surface area contributed by atoms with Gasteiger partial charge in [0.25, 0.3) is 0 Å². The third kappa shape index (κ3) is 2.72. The molecule has 6 heteroatoms. The topological polar surface area (TPSA) is 92.4 Å². The van der Waals surface area contributed by atoms with E-state index in [1.165, 1.54) is 6.07 Å². The van der Waals surface area contributed by atoms with Crippen molar-refractivity contribution in [3.63, 3.8) is 0 Å². The molecule has 16 heavy (non-hydrogen) atoms. The van der Waals surface area contributed by atoms with Crippen LogP contribution in [-0.4, -0.2) is 26.7 Å². The fourth-order valence-electron chi connectivity index (χ4n) is 1.30. The average Bonchev–Trinajstić information content (AvgIpc) is 2.20. The van der Waals surface area contributed by atoms with Crippen LogP contribution in [0.1, 0.15) is 11.1 Å². The van der Waals surface area contributed by atoms with Gasteiger partial charge in [-0.2, -0.15) is 0 Å². The monoisotopic (exact) mass is 244 g/mol. The number of rotatable bonds is 4. The molecule has 1 aromatic carbocycles. The van der Waals surface area contributed by atoms with Gasteiger partial charge in [0, 0.05) is 6.54 Å². The minimum absolute atomic E-state index is 0.0191. The Labute approximate surface area is 95.3 Å². The van der Waals surface area contributed by atoms with Gasteiger partial charge in [-0.05, 0) is 37.1 Å². The van der Waals surface area contributed by atoms with Gasteiger partial charge in [0.05, 0.1) is 12.3 Å². The number of nitrogen functional groups attached to an aromatic ring is 1. The number of aliphatic hydroxyl groups is 1. The van der Waals surface area contributed by atoms with Crippen LogP contribution in [0.2, 0.25) is 0 Å². The molecule has 0 saturated carbocycles. The number of sulfonamides is 1. The van der Waals surface area contributed by atoms with E-state index >= 15 is 0 Å². The summed E-state index contributed by atoms with van der Waals surface area (Å²) < 4.78 is 25.8. The number of hydrogen-bond acceptors (Lipinski definition) is 4. The van der Waals surface area contributed by atoms with E-state index in [9.17, 15) is 8.42 Å². The van der Waals surface area contributed by atoms with Crippen LogP contribution in [0.3, 0.4) is 0 Å². The van der Waals surface area contributed by atoms with E-state index < -0.39 is 10.0 Å². The van der Waals surface area contributed by atoms with Gasteiger partial charge in [-0.3, -0.25) is 0 Å². The second-order valence-corrected chi connectivity index (χ2v) is 5.33. The average molecular weight is 244 g/mol. The molecular formula is C10H16N2O3S. The lowest BCUT2D eigenvalue weighted by atomic mass is 10.1. The standard InChI is InChI=1S/C10H16N2O3S/c1-7-5-9(11)10(6-8(7)2)16(14,15)12-3-4-13/h5-6,12-13H,3-4,11H2,1-2H3. The summed E-state index contributed by atoms with van der Waals surface area (Å²) in [5.74, 6) is 0. The molecule has 0 bridgehead atoms. The molecule has 0 atom stereocenters. The van der Waals surface area contributed by atoms with Crippen LogP contribution in [0.15, 0.2) is 17.0 Å². The maximum atomic E-state index is 11.8. The number of nitrogens with two attached hydrogens (primary N) is 1. The Kier molecular flexibility index (Phi) is 3.90. The van der Waals surface area contributed by atoms with Crippen LogP contribution in [0, 0.1) is 13.8 Å². The molecule has 0 amide bonds. The maximum Gasteiger partial charge on any atom is 0.242 e. The van der Waals surface area contributed by atoms with E-state index in [-0.39, 0.29) is 23.7 Å². The Morgan fingerprint density at radius 3 is 2.44 bits per heavy atom. The second-order valence-electron chi connectivity index (χ2n) is 3.60. The van der Waals surface area contributed by atoms with E-state index in [2.05, 4.69) is 4.72 Å². The molecule has 0 unspecified atom stereocenters. The summed E-state index contributed by atoms with van der Waals surface area (Å²) >= 11 is 0. The first-order chi connectivity index (χ1) is 7.38. The van der Waals surface area contributed by atoms with Crippen molar-refractivity contribution in [2.75, 3.05) is 18.9 Å². The maximum absolute atomic E-state index is 11.8. The zero-order valence-electron chi connectivity index (χ0n) is 9.32. The van der Waals surface area contributed by atoms with Gasteiger partial charge in [0.15, 0.2) is 0 Å². The Hall–Kier alpha value is -1.11. The van der Waals surface area contributed by atoms with E-state index in [0.717, 1.165) is 11.1 Å². The summed E-state index contributed by atoms with van der Waals surface area (Å²) in [5.41, 5.74) is 7.69. The zero-order valence-corrected chi connectivity index (χ0v) is 10.1. The Bertz CT molecular complexity index is 483. The highest BCUT2D eigenvalue weighted by Crippen LogP contribution is 2.22. The summed E-state index contributed by atoms with van der Waals surface area (Å²) in [7, 11) is -3.63. The second kappa shape index (κ2) is 4.82. The van der Waals surface area contributed by atoms with Crippen LogP contribution in [0.5, 0.6) is 0 Å². The number of benzene rings is 1. The molecule has 0 spiro atoms. The molecule has 0 saturated heterocycles. The lowest BCUT2D eigenvalue weighted by Gasteiger charge is -2.10. The van der Waals surface area contributed by atoms with Crippen molar-refractivity contribution < 1.29 is 13.5 Å². The summed E-state index contributed by atoms with van der Waals surface area (Å²) in [6.45, 7) is 3.42. The minimum Gasteiger partial charge on any atom is -0.398 e. The first-order valence-electron chi connectivity index (χ1n) is 4.85. The summed E-state index contributed by atoms with van der Waals surface area (Å²) in [6, 6.07) is 3.16. The fourth-order valence-corrected chi connectivity index (χ4v) is 2.52. The van der Waals surface area contributed by atoms with Gasteiger partial charge in [-0.25, -0.2) is 13.1 Å². The molecule has 90 valence electrons. The van der Waals surface area contributed by atoms with Crippen molar-refractivity contribution in [1.82, 2.24) is 4.72 Å². The van der Waals surface area contributed by atoms with E-state index in [1.807, 2.05) is 13.8 Å². The van der Waals surface area contributed by atoms with E-state index in [4.69, 9.17) is 10.8 Å². The van der Waals surface area contributed by atoms with Crippen molar-refractivity contribution in [3.05, 3.63) is 23.3 Å². The quantitative estimate of drug-likeness (QED) is 0.658. The molecule has 1 rings (SSSR count). The number of anilines is 1. The van der Waals surface area contributed by atoms with Gasteiger partial charge < -0.3 is 10.8 Å². The van der Waals surface area contributed by atoms with Crippen molar-refractivity contribution in [3.8, 4) is 0 Å². The van der Waals surface area contributed by atoms with Crippen LogP contribution in [0.4, 0.5) is 5.69 Å². The lowest BCUT2D eigenvalue weighted by molar-refractivity contribution is 0.301. The predicted octanol–water partition coefficient (Wildman–Crippen LogP) is 0.156. The zero-order chi connectivity index (χ0) is 12.3. The van der Waals surface area contributed by atoms with Gasteiger partial charge in [-0.15, -0.1) is 0 Å². The van der Waals surface area contributed by atoms with Gasteiger partial charge >= 0.3 is 0 Å². The molecule has 0 aliphatic rings. The molecule has 0 heterocycles. The summed E-state index contributed by atoms with van der Waals surface area (Å²) in [5, 5.41) is 8.59. The highest BCUT2D eigenvalue weighted by molar-refractivity contribution is 7.89. The first kappa shape index (κ1) is 13.0. The Morgan fingerprint density at radius 1 is 1.31 bits per heavy atom. The van der Waals surface area contributed by atoms with Crippen molar-refractivity contribution in [2.24, 2.45) is 0 Å². The van der Waals surface area contributed by atoms with Gasteiger partial charge in [0.2, 0.25) is 10.0 Å². The molecule has 0 radical (unpaired) electrons. The highest BCUT2D eigenvalue weighted by atomic mass is 32.2. The Morgan fingerprint density at radius 2 is 1.88 bits per heavy atom. The number of hydrogen-bond donors (Lipinski definition) is 3. The van der Waals surface area contributed by atoms with Gasteiger partial charge in [-0.1, -0.05) is 0 Å². The predicted molar refractivity (Wildman–Crippen MR) is 62.6 cm³/mol. The van der Waals surface area contributed by atoms with Crippen LogP contribution < -0.4 is 10.5 Å².